The first-order valence-electron chi connectivity index (χ1n) is 7.98. The average molecular weight is 336 g/mol. The number of rotatable bonds is 4. The Hall–Kier alpha value is -3.15. The van der Waals surface area contributed by atoms with E-state index in [4.69, 9.17) is 0 Å². The van der Waals surface area contributed by atoms with E-state index in [9.17, 15) is 9.59 Å². The summed E-state index contributed by atoms with van der Waals surface area (Å²) in [5.74, 6) is 0.420. The van der Waals surface area contributed by atoms with Gasteiger partial charge in [0, 0.05) is 32.2 Å². The fourth-order valence-electron chi connectivity index (χ4n) is 2.66. The van der Waals surface area contributed by atoms with Crippen LogP contribution in [0, 0.1) is 6.92 Å². The van der Waals surface area contributed by atoms with Crippen molar-refractivity contribution >= 4 is 5.91 Å². The van der Waals surface area contributed by atoms with E-state index in [-0.39, 0.29) is 11.5 Å². The number of carbonyl (C=O) groups excluding carboxylic acids is 1. The molecule has 6 nitrogen and oxygen atoms in total. The monoisotopic (exact) mass is 336 g/mol. The summed E-state index contributed by atoms with van der Waals surface area (Å²) in [6.45, 7) is 2.33. The van der Waals surface area contributed by atoms with Gasteiger partial charge in [-0.2, -0.15) is 0 Å². The molecule has 0 fully saturated rings. The van der Waals surface area contributed by atoms with Crippen molar-refractivity contribution in [3.05, 3.63) is 76.1 Å². The van der Waals surface area contributed by atoms with Gasteiger partial charge in [0.1, 0.15) is 11.4 Å². The number of hydrogen-bond acceptors (Lipinski definition) is 3. The molecular weight excluding hydrogens is 316 g/mol. The fourth-order valence-corrected chi connectivity index (χ4v) is 2.66. The van der Waals surface area contributed by atoms with E-state index in [2.05, 4.69) is 9.97 Å². The Morgan fingerprint density at radius 1 is 1.28 bits per heavy atom. The smallest absolute Gasteiger partial charge is 0.261 e. The summed E-state index contributed by atoms with van der Waals surface area (Å²) in [4.78, 5) is 33.4. The topological polar surface area (TPSA) is 71.0 Å². The van der Waals surface area contributed by atoms with E-state index in [0.29, 0.717) is 12.2 Å². The molecule has 2 aromatic heterocycles. The van der Waals surface area contributed by atoms with Crippen molar-refractivity contribution in [2.75, 3.05) is 7.05 Å². The highest BCUT2D eigenvalue weighted by Crippen LogP contribution is 2.17. The lowest BCUT2D eigenvalue weighted by Gasteiger charge is -2.16. The second kappa shape index (κ2) is 6.76. The minimum Gasteiger partial charge on any atom is -0.337 e. The minimum absolute atomic E-state index is 0.119. The van der Waals surface area contributed by atoms with E-state index >= 15 is 0 Å². The number of nitrogens with zero attached hydrogens (tertiary/aromatic N) is 3. The number of carbonyl (C=O) groups is 1. The Labute approximate surface area is 145 Å². The maximum absolute atomic E-state index is 12.6. The van der Waals surface area contributed by atoms with Crippen LogP contribution in [-0.4, -0.2) is 32.4 Å². The highest BCUT2D eigenvalue weighted by Gasteiger charge is 2.17. The van der Waals surface area contributed by atoms with Gasteiger partial charge in [-0.3, -0.25) is 9.59 Å². The SMILES string of the molecule is Cc1cccc(-c2ccc(C(=O)N(C)Cc3nccn3C)c(=O)[nH]2)c1. The normalized spacial score (nSPS) is 10.7. The average Bonchev–Trinajstić information content (AvgIpc) is 2.99. The van der Waals surface area contributed by atoms with Crippen molar-refractivity contribution in [2.24, 2.45) is 7.05 Å². The van der Waals surface area contributed by atoms with Crippen molar-refractivity contribution in [2.45, 2.75) is 13.5 Å². The molecule has 0 aliphatic rings. The maximum atomic E-state index is 12.6. The van der Waals surface area contributed by atoms with Crippen LogP contribution in [0.5, 0.6) is 0 Å². The number of aromatic amines is 1. The summed E-state index contributed by atoms with van der Waals surface area (Å²) in [7, 11) is 3.52. The Morgan fingerprint density at radius 2 is 2.08 bits per heavy atom. The number of nitrogens with one attached hydrogen (secondary N) is 1. The Morgan fingerprint density at radius 3 is 2.72 bits per heavy atom. The molecule has 3 rings (SSSR count). The summed E-state index contributed by atoms with van der Waals surface area (Å²) in [5, 5.41) is 0. The summed E-state index contributed by atoms with van der Waals surface area (Å²) in [5.41, 5.74) is 2.44. The van der Waals surface area contributed by atoms with E-state index in [1.807, 2.05) is 49.0 Å². The van der Waals surface area contributed by atoms with Crippen LogP contribution in [0.1, 0.15) is 21.7 Å². The molecular formula is C19H20N4O2. The largest absolute Gasteiger partial charge is 0.337 e. The number of hydrogen-bond donors (Lipinski definition) is 1. The van der Waals surface area contributed by atoms with Gasteiger partial charge in [0.15, 0.2) is 0 Å². The van der Waals surface area contributed by atoms with E-state index in [1.54, 1.807) is 25.4 Å². The van der Waals surface area contributed by atoms with Crippen LogP contribution in [0.15, 0.2) is 53.6 Å². The zero-order chi connectivity index (χ0) is 18.0. The van der Waals surface area contributed by atoms with Crippen LogP contribution in [0.4, 0.5) is 0 Å². The molecule has 0 radical (unpaired) electrons. The number of benzene rings is 1. The van der Waals surface area contributed by atoms with Gasteiger partial charge in [-0.1, -0.05) is 23.8 Å². The van der Waals surface area contributed by atoms with Gasteiger partial charge in [0.25, 0.3) is 11.5 Å². The molecule has 0 unspecified atom stereocenters. The summed E-state index contributed by atoms with van der Waals surface area (Å²) >= 11 is 0. The molecule has 3 aromatic rings. The number of H-pyrrole nitrogens is 1. The van der Waals surface area contributed by atoms with Gasteiger partial charge in [-0.05, 0) is 30.7 Å². The lowest BCUT2D eigenvalue weighted by atomic mass is 10.1. The van der Waals surface area contributed by atoms with Gasteiger partial charge < -0.3 is 14.5 Å². The van der Waals surface area contributed by atoms with Crippen LogP contribution < -0.4 is 5.56 Å². The van der Waals surface area contributed by atoms with Crippen molar-refractivity contribution in [1.82, 2.24) is 19.4 Å². The molecule has 1 N–H and O–H groups in total. The van der Waals surface area contributed by atoms with Crippen LogP contribution >= 0.6 is 0 Å². The zero-order valence-corrected chi connectivity index (χ0v) is 14.5. The van der Waals surface area contributed by atoms with Crippen LogP contribution in [-0.2, 0) is 13.6 Å². The van der Waals surface area contributed by atoms with E-state index in [0.717, 1.165) is 17.0 Å². The second-order valence-electron chi connectivity index (χ2n) is 6.10. The van der Waals surface area contributed by atoms with Crippen molar-refractivity contribution in [3.8, 4) is 11.3 Å². The highest BCUT2D eigenvalue weighted by molar-refractivity contribution is 5.93. The van der Waals surface area contributed by atoms with Crippen molar-refractivity contribution in [1.29, 1.82) is 0 Å². The molecule has 1 aromatic carbocycles. The molecule has 2 heterocycles. The zero-order valence-electron chi connectivity index (χ0n) is 14.5. The molecule has 0 spiro atoms. The highest BCUT2D eigenvalue weighted by atomic mass is 16.2. The van der Waals surface area contributed by atoms with Crippen LogP contribution in [0.2, 0.25) is 0 Å². The van der Waals surface area contributed by atoms with Gasteiger partial charge in [0.05, 0.1) is 6.54 Å². The molecule has 0 aliphatic heterocycles. The molecule has 0 saturated heterocycles. The molecule has 0 atom stereocenters. The Bertz CT molecular complexity index is 971. The van der Waals surface area contributed by atoms with E-state index in [1.165, 1.54) is 4.90 Å². The summed E-state index contributed by atoms with van der Waals surface area (Å²) in [6, 6.07) is 11.2. The molecule has 1 amide bonds. The van der Waals surface area contributed by atoms with Crippen LogP contribution in [0.25, 0.3) is 11.3 Å². The maximum Gasteiger partial charge on any atom is 0.261 e. The Kier molecular flexibility index (Phi) is 4.52. The third-order valence-corrected chi connectivity index (χ3v) is 4.12. The standard InChI is InChI=1S/C19H20N4O2/c1-13-5-4-6-14(11-13)16-8-7-15(18(24)21-16)19(25)23(3)12-17-20-9-10-22(17)2/h4-11H,12H2,1-3H3,(H,21,24). The predicted molar refractivity (Wildman–Crippen MR) is 96.2 cm³/mol. The summed E-state index contributed by atoms with van der Waals surface area (Å²) in [6.07, 6.45) is 3.49. The quantitative estimate of drug-likeness (QED) is 0.795. The summed E-state index contributed by atoms with van der Waals surface area (Å²) < 4.78 is 1.84. The number of amides is 1. The molecule has 0 aliphatic carbocycles. The lowest BCUT2D eigenvalue weighted by Crippen LogP contribution is -2.32. The number of imidazole rings is 1. The molecule has 6 heteroatoms. The second-order valence-corrected chi connectivity index (χ2v) is 6.10. The minimum atomic E-state index is -0.393. The number of pyridine rings is 1. The van der Waals surface area contributed by atoms with Crippen molar-refractivity contribution < 1.29 is 4.79 Å². The van der Waals surface area contributed by atoms with Gasteiger partial charge in [0.2, 0.25) is 0 Å². The molecule has 25 heavy (non-hydrogen) atoms. The third kappa shape index (κ3) is 3.52. The number of aromatic nitrogens is 3. The van der Waals surface area contributed by atoms with Crippen molar-refractivity contribution in [3.63, 3.8) is 0 Å². The molecule has 128 valence electrons. The third-order valence-electron chi connectivity index (χ3n) is 4.12. The van der Waals surface area contributed by atoms with Gasteiger partial charge in [-0.25, -0.2) is 4.98 Å². The first-order chi connectivity index (χ1) is 12.0. The predicted octanol–water partition coefficient (Wildman–Crippen LogP) is 2.36. The molecule has 0 bridgehead atoms. The molecule has 0 saturated carbocycles. The number of aryl methyl sites for hydroxylation is 2. The first kappa shape index (κ1) is 16.7. The fraction of sp³-hybridized carbons (Fsp3) is 0.211. The van der Waals surface area contributed by atoms with Crippen LogP contribution in [0.3, 0.4) is 0 Å². The Balaban J connectivity index is 1.84. The van der Waals surface area contributed by atoms with Gasteiger partial charge >= 0.3 is 0 Å². The van der Waals surface area contributed by atoms with Gasteiger partial charge in [-0.15, -0.1) is 0 Å². The lowest BCUT2D eigenvalue weighted by molar-refractivity contribution is 0.0779. The first-order valence-corrected chi connectivity index (χ1v) is 7.98. The van der Waals surface area contributed by atoms with E-state index < -0.39 is 5.56 Å².